The normalized spacial score (nSPS) is 18.4. The van der Waals surface area contributed by atoms with E-state index in [1.165, 1.54) is 0 Å². The fourth-order valence-electron chi connectivity index (χ4n) is 1.71. The van der Waals surface area contributed by atoms with E-state index in [-0.39, 0.29) is 18.5 Å². The monoisotopic (exact) mass is 235 g/mol. The molecule has 0 aromatic heterocycles. The van der Waals surface area contributed by atoms with Crippen molar-refractivity contribution in [3.05, 3.63) is 11.6 Å². The van der Waals surface area contributed by atoms with Crippen molar-refractivity contribution < 1.29 is 18.0 Å². The highest BCUT2D eigenvalue weighted by Crippen LogP contribution is 2.31. The number of hydrogen-bond acceptors (Lipinski definition) is 1. The quantitative estimate of drug-likeness (QED) is 0.591. The first kappa shape index (κ1) is 13.1. The molecular weight excluding hydrogens is 219 g/mol. The van der Waals surface area contributed by atoms with Gasteiger partial charge in [0.25, 0.3) is 0 Å². The van der Waals surface area contributed by atoms with Crippen LogP contribution in [0.3, 0.4) is 0 Å². The molecule has 0 spiro atoms. The van der Waals surface area contributed by atoms with Crippen LogP contribution >= 0.6 is 0 Å². The Morgan fingerprint density at radius 3 is 2.19 bits per heavy atom. The first-order valence-corrected chi connectivity index (χ1v) is 5.18. The molecule has 0 saturated carbocycles. The third-order valence-corrected chi connectivity index (χ3v) is 2.70. The Bertz CT molecular complexity index is 312. The first-order valence-electron chi connectivity index (χ1n) is 5.18. The molecule has 0 unspecified atom stereocenters. The van der Waals surface area contributed by atoms with Crippen molar-refractivity contribution in [1.82, 2.24) is 4.90 Å². The molecule has 1 aliphatic heterocycles. The van der Waals surface area contributed by atoms with Crippen LogP contribution in [0.5, 0.6) is 0 Å². The Kier molecular flexibility index (Phi) is 3.35. The van der Waals surface area contributed by atoms with Crippen LogP contribution in [0.4, 0.5) is 13.2 Å². The van der Waals surface area contributed by atoms with Gasteiger partial charge in [0.05, 0.1) is 0 Å². The summed E-state index contributed by atoms with van der Waals surface area (Å²) in [6, 6.07) is 0. The van der Waals surface area contributed by atoms with Crippen LogP contribution in [0.1, 0.15) is 27.2 Å². The van der Waals surface area contributed by atoms with E-state index in [1.54, 1.807) is 6.08 Å². The summed E-state index contributed by atoms with van der Waals surface area (Å²) >= 11 is 0. The second-order valence-corrected chi connectivity index (χ2v) is 4.98. The minimum atomic E-state index is -4.76. The molecule has 0 saturated heterocycles. The molecule has 0 aliphatic carbocycles. The van der Waals surface area contributed by atoms with Gasteiger partial charge in [-0.05, 0) is 11.8 Å². The van der Waals surface area contributed by atoms with Gasteiger partial charge in [-0.1, -0.05) is 32.4 Å². The molecule has 92 valence electrons. The Morgan fingerprint density at radius 2 is 1.88 bits per heavy atom. The third-order valence-electron chi connectivity index (χ3n) is 2.70. The average Bonchev–Trinajstić information content (AvgIpc) is 2.14. The van der Waals surface area contributed by atoms with Crippen molar-refractivity contribution in [2.45, 2.75) is 33.4 Å². The minimum absolute atomic E-state index is 0.0344. The highest BCUT2D eigenvalue weighted by atomic mass is 19.4. The predicted octanol–water partition coefficient (Wildman–Crippen LogP) is 2.75. The Balaban J connectivity index is 2.69. The van der Waals surface area contributed by atoms with Crippen LogP contribution < -0.4 is 0 Å². The zero-order valence-corrected chi connectivity index (χ0v) is 9.69. The van der Waals surface area contributed by atoms with E-state index in [2.05, 4.69) is 0 Å². The van der Waals surface area contributed by atoms with Crippen molar-refractivity contribution in [1.29, 1.82) is 0 Å². The number of halogens is 3. The van der Waals surface area contributed by atoms with Crippen LogP contribution in [-0.4, -0.2) is 30.1 Å². The molecule has 0 aromatic carbocycles. The van der Waals surface area contributed by atoms with Gasteiger partial charge in [0.15, 0.2) is 0 Å². The lowest BCUT2D eigenvalue weighted by atomic mass is 9.83. The second kappa shape index (κ2) is 4.11. The van der Waals surface area contributed by atoms with Crippen molar-refractivity contribution in [2.24, 2.45) is 5.41 Å². The molecule has 2 nitrogen and oxygen atoms in total. The fraction of sp³-hybridized carbons (Fsp3) is 0.727. The molecule has 0 radical (unpaired) electrons. The molecule has 0 atom stereocenters. The van der Waals surface area contributed by atoms with Crippen molar-refractivity contribution >= 4 is 5.91 Å². The molecule has 16 heavy (non-hydrogen) atoms. The topological polar surface area (TPSA) is 20.3 Å². The van der Waals surface area contributed by atoms with E-state index >= 15 is 0 Å². The SMILES string of the molecule is CC(C)(C)C1=CCN(C(=O)C(F)(F)F)CC1. The van der Waals surface area contributed by atoms with Crippen molar-refractivity contribution in [3.63, 3.8) is 0 Å². The zero-order chi connectivity index (χ0) is 12.6. The maximum atomic E-state index is 12.2. The van der Waals surface area contributed by atoms with E-state index < -0.39 is 12.1 Å². The third kappa shape index (κ3) is 3.00. The highest BCUT2D eigenvalue weighted by Gasteiger charge is 2.42. The summed E-state index contributed by atoms with van der Waals surface area (Å²) < 4.78 is 36.5. The Hall–Kier alpha value is -1.00. The lowest BCUT2D eigenvalue weighted by Gasteiger charge is -2.32. The average molecular weight is 235 g/mol. The second-order valence-electron chi connectivity index (χ2n) is 4.98. The van der Waals surface area contributed by atoms with Crippen LogP contribution in [0, 0.1) is 5.41 Å². The molecule has 1 rings (SSSR count). The molecule has 1 heterocycles. The van der Waals surface area contributed by atoms with E-state index in [9.17, 15) is 18.0 Å². The fourth-order valence-corrected chi connectivity index (χ4v) is 1.71. The lowest BCUT2D eigenvalue weighted by Crippen LogP contribution is -2.43. The van der Waals surface area contributed by atoms with Gasteiger partial charge in [-0.25, -0.2) is 0 Å². The van der Waals surface area contributed by atoms with Gasteiger partial charge in [0.2, 0.25) is 0 Å². The van der Waals surface area contributed by atoms with E-state index in [4.69, 9.17) is 0 Å². The van der Waals surface area contributed by atoms with E-state index in [0.717, 1.165) is 10.5 Å². The van der Waals surface area contributed by atoms with Gasteiger partial charge in [-0.2, -0.15) is 13.2 Å². The molecule has 0 fully saturated rings. The summed E-state index contributed by atoms with van der Waals surface area (Å²) in [6.07, 6.45) is -2.51. The van der Waals surface area contributed by atoms with Crippen molar-refractivity contribution in [3.8, 4) is 0 Å². The number of carbonyl (C=O) groups excluding carboxylic acids is 1. The summed E-state index contributed by atoms with van der Waals surface area (Å²) in [6.45, 7) is 6.26. The van der Waals surface area contributed by atoms with Crippen LogP contribution in [0.2, 0.25) is 0 Å². The van der Waals surface area contributed by atoms with Crippen molar-refractivity contribution in [2.75, 3.05) is 13.1 Å². The lowest BCUT2D eigenvalue weighted by molar-refractivity contribution is -0.185. The minimum Gasteiger partial charge on any atom is -0.331 e. The van der Waals surface area contributed by atoms with Gasteiger partial charge in [-0.3, -0.25) is 4.79 Å². The summed E-state index contributed by atoms with van der Waals surface area (Å²) in [5, 5.41) is 0. The maximum absolute atomic E-state index is 12.2. The predicted molar refractivity (Wildman–Crippen MR) is 54.8 cm³/mol. The number of nitrogens with zero attached hydrogens (tertiary/aromatic N) is 1. The standard InChI is InChI=1S/C11H16F3NO/c1-10(2,3)8-4-6-15(7-5-8)9(16)11(12,13)14/h4H,5-7H2,1-3H3. The van der Waals surface area contributed by atoms with Gasteiger partial charge in [0.1, 0.15) is 0 Å². The van der Waals surface area contributed by atoms with E-state index in [0.29, 0.717) is 6.42 Å². The number of alkyl halides is 3. The van der Waals surface area contributed by atoms with Gasteiger partial charge >= 0.3 is 12.1 Å². The molecule has 5 heteroatoms. The molecule has 0 bridgehead atoms. The number of rotatable bonds is 0. The zero-order valence-electron chi connectivity index (χ0n) is 9.69. The Labute approximate surface area is 93.1 Å². The number of carbonyl (C=O) groups is 1. The molecule has 1 aliphatic rings. The van der Waals surface area contributed by atoms with Crippen LogP contribution in [0.15, 0.2) is 11.6 Å². The smallest absolute Gasteiger partial charge is 0.331 e. The summed E-state index contributed by atoms with van der Waals surface area (Å²) in [7, 11) is 0. The van der Waals surface area contributed by atoms with Crippen LogP contribution in [-0.2, 0) is 4.79 Å². The highest BCUT2D eigenvalue weighted by molar-refractivity contribution is 5.82. The van der Waals surface area contributed by atoms with Gasteiger partial charge < -0.3 is 4.90 Å². The summed E-state index contributed by atoms with van der Waals surface area (Å²) in [5.41, 5.74) is 1.08. The molecule has 0 aromatic rings. The number of amides is 1. The number of hydrogen-bond donors (Lipinski definition) is 0. The largest absolute Gasteiger partial charge is 0.471 e. The molecule has 1 amide bonds. The van der Waals surface area contributed by atoms with E-state index in [1.807, 2.05) is 20.8 Å². The Morgan fingerprint density at radius 1 is 1.31 bits per heavy atom. The summed E-state index contributed by atoms with van der Waals surface area (Å²) in [4.78, 5) is 11.8. The van der Waals surface area contributed by atoms with Gasteiger partial charge in [0, 0.05) is 13.1 Å². The van der Waals surface area contributed by atoms with Crippen LogP contribution in [0.25, 0.3) is 0 Å². The van der Waals surface area contributed by atoms with Gasteiger partial charge in [-0.15, -0.1) is 0 Å². The summed E-state index contributed by atoms with van der Waals surface area (Å²) in [5.74, 6) is -1.74. The maximum Gasteiger partial charge on any atom is 0.471 e. The first-order chi connectivity index (χ1) is 7.12. The molecule has 0 N–H and O–H groups in total. The molecular formula is C11H16F3NO.